The third-order valence-electron chi connectivity index (χ3n) is 4.82. The van der Waals surface area contributed by atoms with Gasteiger partial charge in [-0.15, -0.1) is 11.8 Å². The molecule has 0 spiro atoms. The topological polar surface area (TPSA) is 17.1 Å². The third kappa shape index (κ3) is 2.24. The smallest absolute Gasteiger partial charge is 0.159 e. The molecule has 20 heavy (non-hydrogen) atoms. The van der Waals surface area contributed by atoms with Crippen LogP contribution < -0.4 is 0 Å². The van der Waals surface area contributed by atoms with E-state index in [1.807, 2.05) is 11.8 Å². The Hall–Kier alpha value is -1.02. The van der Waals surface area contributed by atoms with Gasteiger partial charge in [-0.1, -0.05) is 18.6 Å². The zero-order valence-corrected chi connectivity index (χ0v) is 13.4. The summed E-state index contributed by atoms with van der Waals surface area (Å²) in [4.78, 5) is 13.7. The largest absolute Gasteiger partial charge is 0.295 e. The van der Waals surface area contributed by atoms with E-state index in [0.717, 1.165) is 24.8 Å². The maximum absolute atomic E-state index is 12.3. The summed E-state index contributed by atoms with van der Waals surface area (Å²) in [6, 6.07) is 4.51. The number of carbonyl (C=O) groups is 1. The Morgan fingerprint density at radius 3 is 2.70 bits per heavy atom. The fourth-order valence-electron chi connectivity index (χ4n) is 3.72. The van der Waals surface area contributed by atoms with E-state index < -0.39 is 0 Å². The van der Waals surface area contributed by atoms with Gasteiger partial charge in [0.1, 0.15) is 0 Å². The van der Waals surface area contributed by atoms with Crippen LogP contribution in [0.25, 0.3) is 0 Å². The number of thioether (sulfide) groups is 1. The minimum atomic E-state index is 0.249. The first-order valence-corrected chi connectivity index (χ1v) is 8.56. The van der Waals surface area contributed by atoms with Crippen molar-refractivity contribution in [1.82, 2.24) is 0 Å². The van der Waals surface area contributed by atoms with Crippen molar-refractivity contribution in [2.24, 2.45) is 0 Å². The molecule has 1 aliphatic heterocycles. The molecule has 106 valence electrons. The van der Waals surface area contributed by atoms with Gasteiger partial charge in [-0.3, -0.25) is 4.79 Å². The summed E-state index contributed by atoms with van der Waals surface area (Å²) in [5.41, 5.74) is 6.68. The Balaban J connectivity index is 2.03. The Bertz CT molecular complexity index is 598. The van der Waals surface area contributed by atoms with Crippen LogP contribution in [0.2, 0.25) is 0 Å². The molecule has 0 bridgehead atoms. The predicted octanol–water partition coefficient (Wildman–Crippen LogP) is 4.82. The van der Waals surface area contributed by atoms with E-state index in [0.29, 0.717) is 5.78 Å². The van der Waals surface area contributed by atoms with Crippen LogP contribution in [0.3, 0.4) is 0 Å². The van der Waals surface area contributed by atoms with Gasteiger partial charge in [0.05, 0.1) is 0 Å². The second kappa shape index (κ2) is 5.40. The highest BCUT2D eigenvalue weighted by Crippen LogP contribution is 2.40. The number of benzene rings is 1. The first-order chi connectivity index (χ1) is 9.59. The van der Waals surface area contributed by atoms with Crippen LogP contribution in [0.4, 0.5) is 0 Å². The van der Waals surface area contributed by atoms with Crippen molar-refractivity contribution >= 4 is 17.5 Å². The van der Waals surface area contributed by atoms with Gasteiger partial charge in [0.25, 0.3) is 0 Å². The number of hydrogen-bond donors (Lipinski definition) is 0. The van der Waals surface area contributed by atoms with Gasteiger partial charge in [0.2, 0.25) is 0 Å². The monoisotopic (exact) mass is 286 g/mol. The molecule has 1 aromatic carbocycles. The number of carbonyl (C=O) groups excluding carboxylic acids is 1. The highest BCUT2D eigenvalue weighted by molar-refractivity contribution is 7.99. The number of hydrogen-bond acceptors (Lipinski definition) is 2. The minimum Gasteiger partial charge on any atom is -0.295 e. The Kier molecular flexibility index (Phi) is 3.76. The lowest BCUT2D eigenvalue weighted by Crippen LogP contribution is -2.16. The van der Waals surface area contributed by atoms with Crippen LogP contribution >= 0.6 is 11.8 Å². The number of fused-ring (bicyclic) bond motifs is 1. The van der Waals surface area contributed by atoms with Gasteiger partial charge in [0.15, 0.2) is 5.78 Å². The van der Waals surface area contributed by atoms with Crippen LogP contribution in [0.5, 0.6) is 0 Å². The van der Waals surface area contributed by atoms with Crippen molar-refractivity contribution in [3.63, 3.8) is 0 Å². The molecule has 1 aliphatic carbocycles. The lowest BCUT2D eigenvalue weighted by atomic mass is 9.79. The second-order valence-corrected chi connectivity index (χ2v) is 7.18. The molecule has 0 fully saturated rings. The molecule has 3 rings (SSSR count). The molecule has 2 heteroatoms. The lowest BCUT2D eigenvalue weighted by Gasteiger charge is -2.24. The van der Waals surface area contributed by atoms with E-state index >= 15 is 0 Å². The maximum Gasteiger partial charge on any atom is 0.159 e. The molecule has 0 N–H and O–H groups in total. The van der Waals surface area contributed by atoms with Crippen LogP contribution in [-0.2, 0) is 11.2 Å². The average molecular weight is 286 g/mol. The average Bonchev–Trinajstić information content (AvgIpc) is 2.88. The Morgan fingerprint density at radius 2 is 1.95 bits per heavy atom. The third-order valence-corrected chi connectivity index (χ3v) is 5.92. The maximum atomic E-state index is 12.3. The van der Waals surface area contributed by atoms with E-state index in [4.69, 9.17) is 0 Å². The summed E-state index contributed by atoms with van der Waals surface area (Å²) in [5.74, 6) is 1.82. The summed E-state index contributed by atoms with van der Waals surface area (Å²) in [5, 5.41) is 0. The zero-order valence-electron chi connectivity index (χ0n) is 12.6. The fraction of sp³-hybridized carbons (Fsp3) is 0.500. The van der Waals surface area contributed by atoms with Crippen LogP contribution in [0.1, 0.15) is 55.7 Å². The standard InChI is InChI=1S/C18H22OS/c1-11-5-4-6-16(19)18(11)13(3)14-7-8-17-15(12(14)2)9-10-20-17/h7-8,13H,4-6,9-10H2,1-3H3. The van der Waals surface area contributed by atoms with Crippen LogP contribution in [0.15, 0.2) is 28.2 Å². The van der Waals surface area contributed by atoms with Gasteiger partial charge in [-0.25, -0.2) is 0 Å². The lowest BCUT2D eigenvalue weighted by molar-refractivity contribution is -0.116. The van der Waals surface area contributed by atoms with E-state index in [1.165, 1.54) is 39.3 Å². The molecular formula is C18H22OS. The quantitative estimate of drug-likeness (QED) is 0.775. The van der Waals surface area contributed by atoms with Crippen molar-refractivity contribution in [2.45, 2.75) is 57.3 Å². The van der Waals surface area contributed by atoms with Crippen LogP contribution in [-0.4, -0.2) is 11.5 Å². The zero-order chi connectivity index (χ0) is 14.3. The van der Waals surface area contributed by atoms with Crippen molar-refractivity contribution in [3.8, 4) is 0 Å². The molecule has 2 aliphatic rings. The summed E-state index contributed by atoms with van der Waals surface area (Å²) in [6.07, 6.45) is 4.03. The highest BCUT2D eigenvalue weighted by atomic mass is 32.2. The number of allylic oxidation sites excluding steroid dienone is 2. The molecule has 1 atom stereocenters. The van der Waals surface area contributed by atoms with Gasteiger partial charge in [-0.05, 0) is 55.9 Å². The molecule has 0 radical (unpaired) electrons. The Morgan fingerprint density at radius 1 is 1.15 bits per heavy atom. The first-order valence-electron chi connectivity index (χ1n) is 7.57. The van der Waals surface area contributed by atoms with Crippen molar-refractivity contribution < 1.29 is 4.79 Å². The van der Waals surface area contributed by atoms with Crippen molar-refractivity contribution in [1.29, 1.82) is 0 Å². The normalized spacial score (nSPS) is 20.2. The Labute approximate surface area is 125 Å². The molecule has 0 amide bonds. The number of rotatable bonds is 2. The van der Waals surface area contributed by atoms with Crippen molar-refractivity contribution in [2.75, 3.05) is 5.75 Å². The minimum absolute atomic E-state index is 0.249. The molecule has 1 aromatic rings. The van der Waals surface area contributed by atoms with E-state index in [-0.39, 0.29) is 5.92 Å². The van der Waals surface area contributed by atoms with Gasteiger partial charge in [-0.2, -0.15) is 0 Å². The van der Waals surface area contributed by atoms with E-state index in [1.54, 1.807) is 0 Å². The molecule has 0 saturated heterocycles. The predicted molar refractivity (Wildman–Crippen MR) is 85.6 cm³/mol. The second-order valence-electron chi connectivity index (χ2n) is 6.05. The first kappa shape index (κ1) is 13.9. The van der Waals surface area contributed by atoms with Crippen molar-refractivity contribution in [3.05, 3.63) is 40.0 Å². The van der Waals surface area contributed by atoms with Gasteiger partial charge in [0, 0.05) is 28.6 Å². The molecule has 0 aromatic heterocycles. The summed E-state index contributed by atoms with van der Waals surface area (Å²) < 4.78 is 0. The molecule has 1 heterocycles. The van der Waals surface area contributed by atoms with E-state index in [9.17, 15) is 4.79 Å². The molecule has 1 unspecified atom stereocenters. The van der Waals surface area contributed by atoms with Gasteiger partial charge >= 0.3 is 0 Å². The van der Waals surface area contributed by atoms with Gasteiger partial charge < -0.3 is 0 Å². The molecule has 1 nitrogen and oxygen atoms in total. The van der Waals surface area contributed by atoms with Crippen LogP contribution in [0, 0.1) is 6.92 Å². The molecular weight excluding hydrogens is 264 g/mol. The molecule has 0 saturated carbocycles. The highest BCUT2D eigenvalue weighted by Gasteiger charge is 2.26. The SMILES string of the molecule is CC1=C(C(C)c2ccc3c(c2C)CCS3)C(=O)CCC1. The summed E-state index contributed by atoms with van der Waals surface area (Å²) in [7, 11) is 0. The fourth-order valence-corrected chi connectivity index (χ4v) is 4.84. The number of Topliss-reactive ketones (excluding diaryl/α,β-unsaturated/α-hetero) is 1. The van der Waals surface area contributed by atoms with E-state index in [2.05, 4.69) is 32.9 Å². The number of ketones is 1. The summed E-state index contributed by atoms with van der Waals surface area (Å²) >= 11 is 1.96. The summed E-state index contributed by atoms with van der Waals surface area (Å²) in [6.45, 7) is 6.58.